The fraction of sp³-hybridized carbons (Fsp3) is 0.130. The number of aryl methyl sites for hydroxylation is 2. The Morgan fingerprint density at radius 2 is 1.50 bits per heavy atom. The summed E-state index contributed by atoms with van der Waals surface area (Å²) < 4.78 is 5.49. The van der Waals surface area contributed by atoms with Crippen molar-refractivity contribution in [2.75, 3.05) is 6.61 Å². The molecule has 142 valence electrons. The molecule has 2 amide bonds. The summed E-state index contributed by atoms with van der Waals surface area (Å²) in [6, 6.07) is 22.8. The first-order chi connectivity index (χ1) is 13.5. The molecule has 5 heteroatoms. The third kappa shape index (κ3) is 4.98. The van der Waals surface area contributed by atoms with Crippen LogP contribution < -0.4 is 15.6 Å². The van der Waals surface area contributed by atoms with Crippen LogP contribution in [0.25, 0.3) is 11.1 Å². The number of hydrazine groups is 1. The quantitative estimate of drug-likeness (QED) is 0.668. The van der Waals surface area contributed by atoms with E-state index >= 15 is 0 Å². The van der Waals surface area contributed by atoms with Crippen molar-refractivity contribution in [2.24, 2.45) is 0 Å². The second-order valence-electron chi connectivity index (χ2n) is 6.50. The first kappa shape index (κ1) is 19.2. The number of nitrogens with one attached hydrogen (secondary N) is 2. The van der Waals surface area contributed by atoms with Gasteiger partial charge in [-0.1, -0.05) is 60.2 Å². The molecule has 0 fully saturated rings. The lowest BCUT2D eigenvalue weighted by Crippen LogP contribution is -2.43. The van der Waals surface area contributed by atoms with Gasteiger partial charge in [-0.05, 0) is 48.7 Å². The highest BCUT2D eigenvalue weighted by atomic mass is 16.5. The molecule has 3 rings (SSSR count). The fourth-order valence-electron chi connectivity index (χ4n) is 2.78. The fourth-order valence-corrected chi connectivity index (χ4v) is 2.78. The van der Waals surface area contributed by atoms with Gasteiger partial charge in [-0.2, -0.15) is 0 Å². The van der Waals surface area contributed by atoms with Gasteiger partial charge in [-0.25, -0.2) is 0 Å². The Morgan fingerprint density at radius 3 is 2.18 bits per heavy atom. The summed E-state index contributed by atoms with van der Waals surface area (Å²) in [5.74, 6) is -0.183. The molecule has 3 aromatic carbocycles. The van der Waals surface area contributed by atoms with E-state index in [0.717, 1.165) is 22.3 Å². The number of amides is 2. The van der Waals surface area contributed by atoms with Crippen molar-refractivity contribution >= 4 is 11.8 Å². The van der Waals surface area contributed by atoms with Crippen molar-refractivity contribution in [3.63, 3.8) is 0 Å². The standard InChI is InChI=1S/C23H22N2O3/c1-16-8-13-21(17(2)14-16)28-15-22(26)24-25-23(27)20-11-9-19(10-12-20)18-6-4-3-5-7-18/h3-14H,15H2,1-2H3,(H,24,26)(H,25,27). The summed E-state index contributed by atoms with van der Waals surface area (Å²) in [6.07, 6.45) is 0. The van der Waals surface area contributed by atoms with E-state index in [1.807, 2.05) is 74.5 Å². The van der Waals surface area contributed by atoms with Crippen LogP contribution >= 0.6 is 0 Å². The number of rotatable bonds is 5. The van der Waals surface area contributed by atoms with Crippen LogP contribution in [0.5, 0.6) is 5.75 Å². The van der Waals surface area contributed by atoms with Gasteiger partial charge in [0.2, 0.25) is 0 Å². The third-order valence-electron chi connectivity index (χ3n) is 4.26. The summed E-state index contributed by atoms with van der Waals surface area (Å²) in [5.41, 5.74) is 9.39. The minimum atomic E-state index is -0.436. The molecule has 0 bridgehead atoms. The zero-order valence-corrected chi connectivity index (χ0v) is 15.9. The number of hydrogen-bond donors (Lipinski definition) is 2. The van der Waals surface area contributed by atoms with E-state index in [-0.39, 0.29) is 12.5 Å². The SMILES string of the molecule is Cc1ccc(OCC(=O)NNC(=O)c2ccc(-c3ccccc3)cc2)c(C)c1. The lowest BCUT2D eigenvalue weighted by Gasteiger charge is -2.11. The molecule has 0 saturated heterocycles. The van der Waals surface area contributed by atoms with E-state index in [1.165, 1.54) is 0 Å². The molecule has 28 heavy (non-hydrogen) atoms. The van der Waals surface area contributed by atoms with E-state index < -0.39 is 5.91 Å². The van der Waals surface area contributed by atoms with Crippen molar-refractivity contribution in [3.8, 4) is 16.9 Å². The predicted octanol–water partition coefficient (Wildman–Crippen LogP) is 3.81. The molecular weight excluding hydrogens is 352 g/mol. The first-order valence-electron chi connectivity index (χ1n) is 8.97. The molecule has 3 aromatic rings. The van der Waals surface area contributed by atoms with E-state index in [1.54, 1.807) is 12.1 Å². The Labute approximate surface area is 164 Å². The maximum atomic E-state index is 12.2. The summed E-state index contributed by atoms with van der Waals surface area (Å²) in [6.45, 7) is 3.73. The molecule has 2 N–H and O–H groups in total. The number of hydrogen-bond acceptors (Lipinski definition) is 3. The van der Waals surface area contributed by atoms with Crippen molar-refractivity contribution in [3.05, 3.63) is 89.5 Å². The molecule has 0 heterocycles. The highest BCUT2D eigenvalue weighted by Crippen LogP contribution is 2.19. The largest absolute Gasteiger partial charge is 0.483 e. The zero-order valence-electron chi connectivity index (χ0n) is 15.9. The van der Waals surface area contributed by atoms with Gasteiger partial charge in [0.25, 0.3) is 11.8 Å². The van der Waals surface area contributed by atoms with E-state index in [2.05, 4.69) is 10.9 Å². The van der Waals surface area contributed by atoms with E-state index in [9.17, 15) is 9.59 Å². The molecular formula is C23H22N2O3. The lowest BCUT2D eigenvalue weighted by atomic mass is 10.0. The van der Waals surface area contributed by atoms with Gasteiger partial charge in [-0.15, -0.1) is 0 Å². The molecule has 0 spiro atoms. The zero-order chi connectivity index (χ0) is 19.9. The van der Waals surface area contributed by atoms with E-state index in [0.29, 0.717) is 11.3 Å². The van der Waals surface area contributed by atoms with Crippen LogP contribution in [0.1, 0.15) is 21.5 Å². The van der Waals surface area contributed by atoms with Crippen LogP contribution in [0.4, 0.5) is 0 Å². The Kier molecular flexibility index (Phi) is 6.07. The van der Waals surface area contributed by atoms with Gasteiger partial charge in [0.1, 0.15) is 5.75 Å². The number of carbonyl (C=O) groups excluding carboxylic acids is 2. The Bertz CT molecular complexity index is 967. The Balaban J connectivity index is 1.50. The van der Waals surface area contributed by atoms with Crippen molar-refractivity contribution < 1.29 is 14.3 Å². The highest BCUT2D eigenvalue weighted by Gasteiger charge is 2.09. The summed E-state index contributed by atoms with van der Waals surface area (Å²) in [4.78, 5) is 24.1. The number of carbonyl (C=O) groups is 2. The second-order valence-corrected chi connectivity index (χ2v) is 6.50. The minimum Gasteiger partial charge on any atom is -0.483 e. The monoisotopic (exact) mass is 374 g/mol. The predicted molar refractivity (Wildman–Crippen MR) is 109 cm³/mol. The number of benzene rings is 3. The Morgan fingerprint density at radius 1 is 0.821 bits per heavy atom. The number of ether oxygens (including phenoxy) is 1. The maximum Gasteiger partial charge on any atom is 0.276 e. The van der Waals surface area contributed by atoms with Gasteiger partial charge in [-0.3, -0.25) is 20.4 Å². The van der Waals surface area contributed by atoms with Crippen LogP contribution in [0.2, 0.25) is 0 Å². The summed E-state index contributed by atoms with van der Waals surface area (Å²) >= 11 is 0. The van der Waals surface area contributed by atoms with Gasteiger partial charge in [0.15, 0.2) is 6.61 Å². The van der Waals surface area contributed by atoms with Crippen molar-refractivity contribution in [1.29, 1.82) is 0 Å². The molecule has 5 nitrogen and oxygen atoms in total. The molecule has 0 aliphatic heterocycles. The van der Waals surface area contributed by atoms with Crippen LogP contribution in [0.15, 0.2) is 72.8 Å². The molecule has 0 radical (unpaired) electrons. The molecule has 0 aliphatic carbocycles. The van der Waals surface area contributed by atoms with Gasteiger partial charge in [0.05, 0.1) is 0 Å². The van der Waals surface area contributed by atoms with Crippen LogP contribution in [-0.2, 0) is 4.79 Å². The Hall–Kier alpha value is -3.60. The smallest absolute Gasteiger partial charge is 0.276 e. The van der Waals surface area contributed by atoms with Crippen LogP contribution in [-0.4, -0.2) is 18.4 Å². The molecule has 0 saturated carbocycles. The summed E-state index contributed by atoms with van der Waals surface area (Å²) in [7, 11) is 0. The first-order valence-corrected chi connectivity index (χ1v) is 8.97. The van der Waals surface area contributed by atoms with Gasteiger partial charge >= 0.3 is 0 Å². The van der Waals surface area contributed by atoms with Crippen molar-refractivity contribution in [2.45, 2.75) is 13.8 Å². The molecule has 0 atom stereocenters. The van der Waals surface area contributed by atoms with Gasteiger partial charge in [0, 0.05) is 5.56 Å². The average molecular weight is 374 g/mol. The van der Waals surface area contributed by atoms with Gasteiger partial charge < -0.3 is 4.74 Å². The van der Waals surface area contributed by atoms with Crippen LogP contribution in [0.3, 0.4) is 0 Å². The maximum absolute atomic E-state index is 12.2. The average Bonchev–Trinajstić information content (AvgIpc) is 2.72. The lowest BCUT2D eigenvalue weighted by molar-refractivity contribution is -0.123. The third-order valence-corrected chi connectivity index (χ3v) is 4.26. The molecule has 0 aliphatic rings. The summed E-state index contributed by atoms with van der Waals surface area (Å²) in [5, 5.41) is 0. The van der Waals surface area contributed by atoms with Crippen molar-refractivity contribution in [1.82, 2.24) is 10.9 Å². The molecule has 0 unspecified atom stereocenters. The van der Waals surface area contributed by atoms with Crippen LogP contribution in [0, 0.1) is 13.8 Å². The van der Waals surface area contributed by atoms with E-state index in [4.69, 9.17) is 4.74 Å². The topological polar surface area (TPSA) is 67.4 Å². The minimum absolute atomic E-state index is 0.183. The highest BCUT2D eigenvalue weighted by molar-refractivity contribution is 5.95. The second kappa shape index (κ2) is 8.86. The molecule has 0 aromatic heterocycles. The normalized spacial score (nSPS) is 10.2.